The highest BCUT2D eigenvalue weighted by molar-refractivity contribution is 8.14. The minimum Gasteiger partial charge on any atom is -0.496 e. The fourth-order valence-corrected chi connectivity index (χ4v) is 5.36. The predicted octanol–water partition coefficient (Wildman–Crippen LogP) is 4.37. The van der Waals surface area contributed by atoms with E-state index in [1.54, 1.807) is 24.1 Å². The number of hydrogen-bond acceptors (Lipinski definition) is 7. The third kappa shape index (κ3) is 5.38. The number of benzene rings is 3. The van der Waals surface area contributed by atoms with Crippen molar-refractivity contribution < 1.29 is 19.1 Å². The Kier molecular flexibility index (Phi) is 7.65. The summed E-state index contributed by atoms with van der Waals surface area (Å²) in [5.41, 5.74) is 2.93. The Bertz CT molecular complexity index is 1440. The van der Waals surface area contributed by atoms with Gasteiger partial charge < -0.3 is 10.1 Å². The quantitative estimate of drug-likeness (QED) is 0.416. The molecule has 0 spiro atoms. The van der Waals surface area contributed by atoms with Crippen molar-refractivity contribution in [1.82, 2.24) is 10.2 Å². The predicted molar refractivity (Wildman–Crippen MR) is 148 cm³/mol. The second kappa shape index (κ2) is 11.4. The van der Waals surface area contributed by atoms with Gasteiger partial charge in [-0.05, 0) is 24.6 Å². The maximum Gasteiger partial charge on any atom is 0.270 e. The van der Waals surface area contributed by atoms with Gasteiger partial charge in [0.1, 0.15) is 17.6 Å². The monoisotopic (exact) mass is 526 g/mol. The molecule has 0 saturated carbocycles. The second-order valence-electron chi connectivity index (χ2n) is 8.78. The molecule has 2 aliphatic rings. The first-order valence-electron chi connectivity index (χ1n) is 12.2. The third-order valence-electron chi connectivity index (χ3n) is 6.35. The Morgan fingerprint density at radius 2 is 1.71 bits per heavy atom. The number of aliphatic imine (C=N–C) groups is 2. The number of ketones is 1. The Hall–Kier alpha value is -4.24. The highest BCUT2D eigenvalue weighted by Gasteiger charge is 2.41. The summed E-state index contributed by atoms with van der Waals surface area (Å²) >= 11 is 1.27. The SMILES string of the molecule is COc1ccccc1CNC(=O)CCC1C(=O)N=C2c3ccccc3N=C(SCC(=O)c3ccccc3)N21. The van der Waals surface area contributed by atoms with E-state index in [1.165, 1.54) is 11.8 Å². The van der Waals surface area contributed by atoms with Gasteiger partial charge in [-0.15, -0.1) is 0 Å². The van der Waals surface area contributed by atoms with Crippen LogP contribution in [0.25, 0.3) is 0 Å². The molecular weight excluding hydrogens is 500 g/mol. The summed E-state index contributed by atoms with van der Waals surface area (Å²) in [5, 5.41) is 3.43. The maximum atomic E-state index is 13.0. The highest BCUT2D eigenvalue weighted by atomic mass is 32.2. The van der Waals surface area contributed by atoms with Crippen molar-refractivity contribution >= 4 is 46.1 Å². The van der Waals surface area contributed by atoms with Crippen molar-refractivity contribution in [2.24, 2.45) is 9.98 Å². The molecule has 3 aromatic carbocycles. The van der Waals surface area contributed by atoms with Crippen LogP contribution in [0.4, 0.5) is 5.69 Å². The highest BCUT2D eigenvalue weighted by Crippen LogP contribution is 2.35. The number of fused-ring (bicyclic) bond motifs is 3. The molecule has 8 nitrogen and oxygen atoms in total. The van der Waals surface area contributed by atoms with Gasteiger partial charge in [-0.2, -0.15) is 4.99 Å². The van der Waals surface area contributed by atoms with Crippen LogP contribution in [0, 0.1) is 0 Å². The van der Waals surface area contributed by atoms with E-state index in [4.69, 9.17) is 9.73 Å². The number of ether oxygens (including phenoxy) is 1. The lowest BCUT2D eigenvalue weighted by molar-refractivity contribution is -0.122. The summed E-state index contributed by atoms with van der Waals surface area (Å²) in [4.78, 5) is 49.4. The lowest BCUT2D eigenvalue weighted by Gasteiger charge is -2.31. The van der Waals surface area contributed by atoms with Crippen LogP contribution < -0.4 is 10.1 Å². The van der Waals surface area contributed by atoms with Gasteiger partial charge >= 0.3 is 0 Å². The van der Waals surface area contributed by atoms with Crippen molar-refractivity contribution in [3.05, 3.63) is 95.6 Å². The van der Waals surface area contributed by atoms with Crippen LogP contribution in [0.1, 0.15) is 34.3 Å². The lowest BCUT2D eigenvalue weighted by Crippen LogP contribution is -2.44. The van der Waals surface area contributed by atoms with E-state index in [-0.39, 0.29) is 36.2 Å². The molecule has 0 saturated heterocycles. The van der Waals surface area contributed by atoms with Crippen molar-refractivity contribution in [1.29, 1.82) is 0 Å². The molecule has 0 aliphatic carbocycles. The summed E-state index contributed by atoms with van der Waals surface area (Å²) < 4.78 is 5.34. The average molecular weight is 527 g/mol. The Labute approximate surface area is 224 Å². The van der Waals surface area contributed by atoms with Crippen LogP contribution in [-0.2, 0) is 16.1 Å². The summed E-state index contributed by atoms with van der Waals surface area (Å²) in [7, 11) is 1.59. The molecule has 9 heteroatoms. The Balaban J connectivity index is 1.29. The van der Waals surface area contributed by atoms with E-state index < -0.39 is 6.04 Å². The fourth-order valence-electron chi connectivity index (χ4n) is 4.41. The van der Waals surface area contributed by atoms with Crippen molar-refractivity contribution in [3.8, 4) is 5.75 Å². The maximum absolute atomic E-state index is 13.0. The standard InChI is InChI=1S/C29H26N4O4S/c1-37-25-14-8-5-11-20(25)17-30-26(35)16-15-23-28(36)32-27-21-12-6-7-13-22(21)31-29(33(23)27)38-18-24(34)19-9-3-2-4-10-19/h2-14,23H,15-18H2,1H3,(H,30,35). The Morgan fingerprint density at radius 3 is 2.53 bits per heavy atom. The van der Waals surface area contributed by atoms with Gasteiger partial charge in [0, 0.05) is 29.7 Å². The third-order valence-corrected chi connectivity index (χ3v) is 7.30. The largest absolute Gasteiger partial charge is 0.496 e. The molecule has 5 rings (SSSR count). The van der Waals surface area contributed by atoms with Gasteiger partial charge in [0.25, 0.3) is 5.91 Å². The molecule has 3 aromatic rings. The van der Waals surface area contributed by atoms with E-state index in [9.17, 15) is 14.4 Å². The van der Waals surface area contributed by atoms with E-state index >= 15 is 0 Å². The first kappa shape index (κ1) is 25.4. The number of amides is 2. The van der Waals surface area contributed by atoms with Crippen molar-refractivity contribution in [3.63, 3.8) is 0 Å². The van der Waals surface area contributed by atoms with Crippen LogP contribution in [0.5, 0.6) is 5.75 Å². The molecule has 38 heavy (non-hydrogen) atoms. The van der Waals surface area contributed by atoms with Crippen LogP contribution in [0.15, 0.2) is 88.8 Å². The van der Waals surface area contributed by atoms with Crippen molar-refractivity contribution in [2.45, 2.75) is 25.4 Å². The van der Waals surface area contributed by atoms with Crippen LogP contribution >= 0.6 is 11.8 Å². The van der Waals surface area contributed by atoms with Crippen molar-refractivity contribution in [2.75, 3.05) is 12.9 Å². The number of carbonyl (C=O) groups is 3. The molecule has 1 unspecified atom stereocenters. The van der Waals surface area contributed by atoms with Gasteiger partial charge in [0.05, 0.1) is 18.6 Å². The summed E-state index contributed by atoms with van der Waals surface area (Å²) in [5.74, 6) is 0.835. The van der Waals surface area contributed by atoms with E-state index in [0.29, 0.717) is 34.5 Å². The molecule has 192 valence electrons. The molecule has 0 bridgehead atoms. The number of amidine groups is 2. The normalized spacial score (nSPS) is 15.8. The number of hydrogen-bond donors (Lipinski definition) is 1. The zero-order valence-corrected chi connectivity index (χ0v) is 21.6. The number of para-hydroxylation sites is 2. The molecule has 1 N–H and O–H groups in total. The number of carbonyl (C=O) groups excluding carboxylic acids is 3. The van der Waals surface area contributed by atoms with Gasteiger partial charge in [0.15, 0.2) is 11.0 Å². The van der Waals surface area contributed by atoms with Crippen LogP contribution in [-0.4, -0.2) is 52.4 Å². The molecule has 2 heterocycles. The summed E-state index contributed by atoms with van der Waals surface area (Å²) in [6, 6.07) is 23.4. The van der Waals surface area contributed by atoms with Gasteiger partial charge in [-0.1, -0.05) is 72.4 Å². The lowest BCUT2D eigenvalue weighted by atomic mass is 10.1. The number of nitrogens with one attached hydrogen (secondary N) is 1. The van der Waals surface area contributed by atoms with Gasteiger partial charge in [-0.3, -0.25) is 19.3 Å². The zero-order valence-electron chi connectivity index (χ0n) is 20.8. The van der Waals surface area contributed by atoms with E-state index in [0.717, 1.165) is 11.1 Å². The molecule has 2 aliphatic heterocycles. The van der Waals surface area contributed by atoms with E-state index in [2.05, 4.69) is 10.3 Å². The fraction of sp³-hybridized carbons (Fsp3) is 0.207. The molecule has 0 aromatic heterocycles. The molecule has 1 atom stereocenters. The second-order valence-corrected chi connectivity index (χ2v) is 9.72. The summed E-state index contributed by atoms with van der Waals surface area (Å²) in [6.45, 7) is 0.324. The molecule has 0 fully saturated rings. The molecule has 0 radical (unpaired) electrons. The minimum absolute atomic E-state index is 0.0339. The Morgan fingerprint density at radius 1 is 0.974 bits per heavy atom. The van der Waals surface area contributed by atoms with Crippen LogP contribution in [0.2, 0.25) is 0 Å². The van der Waals surface area contributed by atoms with Gasteiger partial charge in [0.2, 0.25) is 5.91 Å². The van der Waals surface area contributed by atoms with Gasteiger partial charge in [-0.25, -0.2) is 4.99 Å². The smallest absolute Gasteiger partial charge is 0.270 e. The number of Topliss-reactive ketones (excluding diaryl/α,β-unsaturated/α-hetero) is 1. The molecular formula is C29H26N4O4S. The summed E-state index contributed by atoms with van der Waals surface area (Å²) in [6.07, 6.45) is 0.394. The minimum atomic E-state index is -0.673. The number of nitrogens with zero attached hydrogens (tertiary/aromatic N) is 3. The topological polar surface area (TPSA) is 100 Å². The zero-order chi connectivity index (χ0) is 26.5. The van der Waals surface area contributed by atoms with E-state index in [1.807, 2.05) is 66.7 Å². The first-order valence-corrected chi connectivity index (χ1v) is 13.2. The average Bonchev–Trinajstić information content (AvgIpc) is 3.30. The number of rotatable bonds is 9. The molecule has 2 amide bonds. The van der Waals surface area contributed by atoms with Crippen LogP contribution in [0.3, 0.4) is 0 Å². The number of methoxy groups -OCH3 is 1. The first-order chi connectivity index (χ1) is 18.5. The number of thioether (sulfide) groups is 1.